The van der Waals surface area contributed by atoms with Gasteiger partial charge >= 0.3 is 11.9 Å². The highest BCUT2D eigenvalue weighted by Crippen LogP contribution is 2.36. The molecule has 2 aliphatic rings. The Morgan fingerprint density at radius 1 is 0.845 bits per heavy atom. The number of nitrogens with zero attached hydrogens (tertiary/aromatic N) is 4. The number of anilines is 2. The molecule has 5 rings (SSSR count). The van der Waals surface area contributed by atoms with Crippen molar-refractivity contribution >= 4 is 62.6 Å². The number of aromatic nitrogens is 1. The van der Waals surface area contributed by atoms with Crippen LogP contribution in [0.2, 0.25) is 5.02 Å². The molecule has 1 saturated heterocycles. The van der Waals surface area contributed by atoms with E-state index in [1.807, 2.05) is 24.3 Å². The van der Waals surface area contributed by atoms with Gasteiger partial charge in [-0.1, -0.05) is 110 Å². The van der Waals surface area contributed by atoms with Gasteiger partial charge in [-0.15, -0.1) is 0 Å². The first-order chi connectivity index (χ1) is 28.4. The van der Waals surface area contributed by atoms with Gasteiger partial charge in [-0.25, -0.2) is 4.79 Å². The fourth-order valence-corrected chi connectivity index (χ4v) is 7.91. The van der Waals surface area contributed by atoms with E-state index in [1.165, 1.54) is 15.0 Å². The van der Waals surface area contributed by atoms with Crippen LogP contribution in [-0.2, 0) is 36.7 Å². The zero-order chi connectivity index (χ0) is 41.0. The highest BCUT2D eigenvalue weighted by Gasteiger charge is 2.41. The second-order valence-corrected chi connectivity index (χ2v) is 15.4. The van der Waals surface area contributed by atoms with Crippen LogP contribution < -0.4 is 9.80 Å². The first kappa shape index (κ1) is 44.3. The number of allylic oxidation sites excluding steroid dienone is 12. The number of carbonyl (C=O) groups excluding carboxylic acids is 3. The number of piperazine rings is 1. The standard InChI is InChI=1S/C47H57ClN4O5S/c1-3-5-6-7-8-9-10-11-12-13-14-15-16-17-18-19-20-21-22-27-44(54)57-46(47(55)56-4-2)52-41-36-40(48)37(34-38(41)35-43(52)53)28-29-50-30-32-51(33-31-50)45-39-25-23-24-26-42(39)58-49-45/h5-6,8-9,11-12,14-15,17-18,20-21,23-26,34,36,46H,3-4,7,10,13,16,19,22,27-33,35H2,1-2H3. The van der Waals surface area contributed by atoms with Crippen LogP contribution in [-0.4, -0.2) is 72.7 Å². The van der Waals surface area contributed by atoms with Crippen molar-refractivity contribution in [2.24, 2.45) is 0 Å². The lowest BCUT2D eigenvalue weighted by molar-refractivity contribution is -0.168. The van der Waals surface area contributed by atoms with Crippen molar-refractivity contribution < 1.29 is 23.9 Å². The van der Waals surface area contributed by atoms with Crippen molar-refractivity contribution in [2.75, 3.05) is 49.1 Å². The zero-order valence-corrected chi connectivity index (χ0v) is 35.5. The molecule has 1 atom stereocenters. The maximum absolute atomic E-state index is 13.4. The number of carbonyl (C=O) groups is 3. The zero-order valence-electron chi connectivity index (χ0n) is 33.9. The average Bonchev–Trinajstić information content (AvgIpc) is 3.80. The lowest BCUT2D eigenvalue weighted by Gasteiger charge is -2.35. The summed E-state index contributed by atoms with van der Waals surface area (Å²) >= 11 is 8.35. The number of halogens is 1. The molecule has 0 bridgehead atoms. The largest absolute Gasteiger partial charge is 0.462 e. The van der Waals surface area contributed by atoms with Gasteiger partial charge < -0.3 is 14.4 Å². The predicted octanol–water partition coefficient (Wildman–Crippen LogP) is 10.1. The summed E-state index contributed by atoms with van der Waals surface area (Å²) in [6, 6.07) is 12.0. The smallest absolute Gasteiger partial charge is 0.369 e. The summed E-state index contributed by atoms with van der Waals surface area (Å²) < 4.78 is 16.8. The van der Waals surface area contributed by atoms with Crippen LogP contribution >= 0.6 is 23.1 Å². The van der Waals surface area contributed by atoms with Crippen molar-refractivity contribution in [1.82, 2.24) is 9.27 Å². The van der Waals surface area contributed by atoms with Crippen LogP contribution in [0.15, 0.2) is 109 Å². The van der Waals surface area contributed by atoms with Crippen molar-refractivity contribution in [3.8, 4) is 0 Å². The summed E-state index contributed by atoms with van der Waals surface area (Å²) in [6.45, 7) is 8.32. The summed E-state index contributed by atoms with van der Waals surface area (Å²) in [5, 5.41) is 1.70. The molecule has 1 amide bonds. The molecule has 1 unspecified atom stereocenters. The van der Waals surface area contributed by atoms with E-state index in [9.17, 15) is 14.4 Å². The molecule has 0 radical (unpaired) electrons. The van der Waals surface area contributed by atoms with Gasteiger partial charge in [0.1, 0.15) is 5.82 Å². The van der Waals surface area contributed by atoms with E-state index >= 15 is 0 Å². The van der Waals surface area contributed by atoms with Gasteiger partial charge in [0.05, 0.1) is 23.4 Å². The summed E-state index contributed by atoms with van der Waals surface area (Å²) in [5.74, 6) is -0.676. The molecule has 1 fully saturated rings. The van der Waals surface area contributed by atoms with Crippen molar-refractivity contribution in [1.29, 1.82) is 0 Å². The van der Waals surface area contributed by atoms with Crippen molar-refractivity contribution in [2.45, 2.75) is 84.3 Å². The maximum atomic E-state index is 13.4. The molecule has 3 aromatic rings. The lowest BCUT2D eigenvalue weighted by atomic mass is 10.1. The number of amides is 1. The molecule has 2 aliphatic heterocycles. The van der Waals surface area contributed by atoms with Crippen LogP contribution in [0.25, 0.3) is 10.1 Å². The fourth-order valence-electron chi connectivity index (χ4n) is 6.86. The molecule has 0 saturated carbocycles. The molecule has 308 valence electrons. The monoisotopic (exact) mass is 824 g/mol. The summed E-state index contributed by atoms with van der Waals surface area (Å²) in [4.78, 5) is 45.4. The Morgan fingerprint density at radius 2 is 1.47 bits per heavy atom. The molecule has 0 N–H and O–H groups in total. The molecule has 0 aliphatic carbocycles. The molecule has 11 heteroatoms. The van der Waals surface area contributed by atoms with Crippen molar-refractivity contribution in [3.05, 3.63) is 125 Å². The predicted molar refractivity (Wildman–Crippen MR) is 239 cm³/mol. The van der Waals surface area contributed by atoms with E-state index in [4.69, 9.17) is 25.4 Å². The molecule has 58 heavy (non-hydrogen) atoms. The van der Waals surface area contributed by atoms with Gasteiger partial charge in [0.15, 0.2) is 0 Å². The first-order valence-corrected chi connectivity index (χ1v) is 21.8. The van der Waals surface area contributed by atoms with Gasteiger partial charge in [-0.05, 0) is 99.1 Å². The van der Waals surface area contributed by atoms with Crippen LogP contribution in [0.4, 0.5) is 11.5 Å². The summed E-state index contributed by atoms with van der Waals surface area (Å²) in [7, 11) is 0. The number of esters is 2. The third kappa shape index (κ3) is 13.4. The highest BCUT2D eigenvalue weighted by atomic mass is 35.5. The maximum Gasteiger partial charge on any atom is 0.369 e. The Balaban J connectivity index is 1.04. The van der Waals surface area contributed by atoms with E-state index < -0.39 is 18.2 Å². The van der Waals surface area contributed by atoms with Gasteiger partial charge in [0.25, 0.3) is 6.23 Å². The van der Waals surface area contributed by atoms with E-state index in [2.05, 4.69) is 95.7 Å². The topological polar surface area (TPSA) is 92.3 Å². The van der Waals surface area contributed by atoms with Gasteiger partial charge in [0.2, 0.25) is 5.91 Å². The van der Waals surface area contributed by atoms with Gasteiger partial charge in [-0.2, -0.15) is 4.37 Å². The first-order valence-electron chi connectivity index (χ1n) is 20.6. The number of benzene rings is 2. The number of ether oxygens (including phenoxy) is 2. The molecule has 0 spiro atoms. The van der Waals surface area contributed by atoms with Crippen LogP contribution in [0.5, 0.6) is 0 Å². The number of fused-ring (bicyclic) bond motifs is 2. The van der Waals surface area contributed by atoms with E-state index in [0.29, 0.717) is 23.6 Å². The van der Waals surface area contributed by atoms with Crippen molar-refractivity contribution in [3.63, 3.8) is 0 Å². The second-order valence-electron chi connectivity index (χ2n) is 14.1. The minimum absolute atomic E-state index is 0.0568. The lowest BCUT2D eigenvalue weighted by Crippen LogP contribution is -2.47. The average molecular weight is 826 g/mol. The molecular weight excluding hydrogens is 768 g/mol. The number of rotatable bonds is 22. The van der Waals surface area contributed by atoms with Crippen LogP contribution in [0, 0.1) is 0 Å². The van der Waals surface area contributed by atoms with E-state index in [1.54, 1.807) is 24.5 Å². The highest BCUT2D eigenvalue weighted by molar-refractivity contribution is 7.13. The normalized spacial score (nSPS) is 15.8. The quantitative estimate of drug-likeness (QED) is 0.0731. The van der Waals surface area contributed by atoms with E-state index in [-0.39, 0.29) is 25.4 Å². The Kier molecular flexibility index (Phi) is 18.5. The third-order valence-corrected chi connectivity index (χ3v) is 11.1. The Bertz CT molecular complexity index is 1990. The fraction of sp³-hybridized carbons (Fsp3) is 0.404. The van der Waals surface area contributed by atoms with Gasteiger partial charge in [0, 0.05) is 49.6 Å². The Hall–Kier alpha value is -4.77. The Labute approximate surface area is 353 Å². The number of hydrogen-bond acceptors (Lipinski definition) is 9. The number of hydrogen-bond donors (Lipinski definition) is 0. The van der Waals surface area contributed by atoms with E-state index in [0.717, 1.165) is 88.2 Å². The molecular formula is C47H57ClN4O5S. The minimum atomic E-state index is -1.53. The molecule has 1 aromatic heterocycles. The molecule has 3 heterocycles. The van der Waals surface area contributed by atoms with Gasteiger partial charge in [-0.3, -0.25) is 19.4 Å². The van der Waals surface area contributed by atoms with Crippen LogP contribution in [0.1, 0.15) is 76.3 Å². The third-order valence-electron chi connectivity index (χ3n) is 9.92. The SMILES string of the molecule is CCC=CCC=CCC=CCC=CCC=CCC=CCCC(=O)OC(C(=O)OCC)N1C(=O)Cc2cc(CCN3CCN(c4nsc5ccccc45)CC3)c(Cl)cc21. The second kappa shape index (κ2) is 24.2. The Morgan fingerprint density at radius 3 is 2.10 bits per heavy atom. The summed E-state index contributed by atoms with van der Waals surface area (Å²) in [5.41, 5.74) is 2.14. The minimum Gasteiger partial charge on any atom is -0.462 e. The summed E-state index contributed by atoms with van der Waals surface area (Å²) in [6.07, 6.45) is 30.9. The molecule has 2 aromatic carbocycles. The van der Waals surface area contributed by atoms with Crippen LogP contribution in [0.3, 0.4) is 0 Å². The molecule has 9 nitrogen and oxygen atoms in total.